The molecule has 0 aliphatic rings. The van der Waals surface area contributed by atoms with Gasteiger partial charge in [-0.15, -0.1) is 11.3 Å². The average molecular weight is 267 g/mol. The Bertz CT molecular complexity index is 505. The zero-order chi connectivity index (χ0) is 13.0. The van der Waals surface area contributed by atoms with E-state index in [0.717, 1.165) is 4.88 Å². The van der Waals surface area contributed by atoms with E-state index < -0.39 is 0 Å². The number of nitrogens with one attached hydrogen (secondary N) is 1. The molecule has 18 heavy (non-hydrogen) atoms. The van der Waals surface area contributed by atoms with Crippen molar-refractivity contribution in [3.05, 3.63) is 28.5 Å². The molecule has 8 heteroatoms. The Morgan fingerprint density at radius 1 is 1.33 bits per heavy atom. The Morgan fingerprint density at radius 3 is 2.72 bits per heavy atom. The maximum atomic E-state index is 5.56. The van der Waals surface area contributed by atoms with Crippen LogP contribution in [0.25, 0.3) is 0 Å². The molecule has 96 valence electrons. The number of ether oxygens (including phenoxy) is 2. The Kier molecular flexibility index (Phi) is 4.03. The van der Waals surface area contributed by atoms with Crippen LogP contribution in [0.2, 0.25) is 0 Å². The zero-order valence-corrected chi connectivity index (χ0v) is 10.8. The second-order valence-electron chi connectivity index (χ2n) is 3.31. The fraction of sp³-hybridized carbons (Fsp3) is 0.300. The maximum Gasteiger partial charge on any atom is 0.240 e. The van der Waals surface area contributed by atoms with E-state index in [1.54, 1.807) is 11.7 Å². The average Bonchev–Trinajstić information content (AvgIpc) is 2.94. The number of thiazole rings is 1. The van der Waals surface area contributed by atoms with Crippen LogP contribution in [-0.4, -0.2) is 29.2 Å². The molecule has 2 rings (SSSR count). The Labute approximate surface area is 108 Å². The maximum absolute atomic E-state index is 5.56. The number of nitrogens with zero attached hydrogens (tertiary/aromatic N) is 3. The first kappa shape index (κ1) is 12.7. The third kappa shape index (κ3) is 2.40. The molecule has 0 radical (unpaired) electrons. The van der Waals surface area contributed by atoms with Crippen molar-refractivity contribution in [3.8, 4) is 11.8 Å². The van der Waals surface area contributed by atoms with E-state index in [4.69, 9.17) is 15.3 Å². The summed E-state index contributed by atoms with van der Waals surface area (Å²) in [6.45, 7) is 0. The van der Waals surface area contributed by atoms with Crippen LogP contribution in [0.3, 0.4) is 0 Å². The van der Waals surface area contributed by atoms with Gasteiger partial charge in [-0.3, -0.25) is 10.8 Å². The van der Waals surface area contributed by atoms with Gasteiger partial charge in [-0.1, -0.05) is 0 Å². The van der Waals surface area contributed by atoms with Gasteiger partial charge >= 0.3 is 0 Å². The van der Waals surface area contributed by atoms with E-state index in [0.29, 0.717) is 17.5 Å². The molecule has 2 aromatic heterocycles. The number of hydrogen-bond acceptors (Lipinski definition) is 8. The molecule has 0 bridgehead atoms. The second kappa shape index (κ2) is 5.71. The van der Waals surface area contributed by atoms with Crippen molar-refractivity contribution in [1.29, 1.82) is 0 Å². The highest BCUT2D eigenvalue weighted by molar-refractivity contribution is 7.09. The smallest absolute Gasteiger partial charge is 0.240 e. The molecule has 2 aromatic rings. The minimum Gasteiger partial charge on any atom is -0.480 e. The van der Waals surface area contributed by atoms with Crippen molar-refractivity contribution >= 4 is 11.3 Å². The SMILES string of the molecule is COc1cnc(C(NN)c2cncs2)c(OC)n1. The highest BCUT2D eigenvalue weighted by Gasteiger charge is 2.21. The summed E-state index contributed by atoms with van der Waals surface area (Å²) in [7, 11) is 3.04. The fourth-order valence-corrected chi connectivity index (χ4v) is 2.16. The lowest BCUT2D eigenvalue weighted by Crippen LogP contribution is -2.29. The lowest BCUT2D eigenvalue weighted by Gasteiger charge is -2.15. The molecule has 2 heterocycles. The van der Waals surface area contributed by atoms with E-state index in [9.17, 15) is 0 Å². The van der Waals surface area contributed by atoms with Crippen LogP contribution in [0.4, 0.5) is 0 Å². The number of hydrazine groups is 1. The molecule has 0 spiro atoms. The first-order valence-electron chi connectivity index (χ1n) is 5.09. The highest BCUT2D eigenvalue weighted by Crippen LogP contribution is 2.29. The zero-order valence-electron chi connectivity index (χ0n) is 9.95. The van der Waals surface area contributed by atoms with E-state index in [2.05, 4.69) is 20.4 Å². The summed E-state index contributed by atoms with van der Waals surface area (Å²) in [5.41, 5.74) is 4.99. The minimum absolute atomic E-state index is 0.314. The minimum atomic E-state index is -0.314. The lowest BCUT2D eigenvalue weighted by molar-refractivity contribution is 0.353. The van der Waals surface area contributed by atoms with E-state index >= 15 is 0 Å². The lowest BCUT2D eigenvalue weighted by atomic mass is 10.2. The van der Waals surface area contributed by atoms with Gasteiger partial charge in [0.25, 0.3) is 0 Å². The van der Waals surface area contributed by atoms with Gasteiger partial charge in [0, 0.05) is 11.1 Å². The van der Waals surface area contributed by atoms with Crippen molar-refractivity contribution in [3.63, 3.8) is 0 Å². The molecule has 1 unspecified atom stereocenters. The number of nitrogens with two attached hydrogens (primary N) is 1. The van der Waals surface area contributed by atoms with Crippen LogP contribution >= 0.6 is 11.3 Å². The third-order valence-electron chi connectivity index (χ3n) is 2.32. The molecule has 0 fully saturated rings. The second-order valence-corrected chi connectivity index (χ2v) is 4.23. The number of hydrogen-bond donors (Lipinski definition) is 2. The van der Waals surface area contributed by atoms with Gasteiger partial charge in [-0.2, -0.15) is 4.98 Å². The molecular weight excluding hydrogens is 254 g/mol. The van der Waals surface area contributed by atoms with Crippen molar-refractivity contribution in [2.24, 2.45) is 5.84 Å². The standard InChI is InChI=1S/C10H13N5O2S/c1-16-7-4-13-9(10(14-7)17-2)8(15-11)6-3-12-5-18-6/h3-5,8,15H,11H2,1-2H3. The molecule has 1 atom stereocenters. The number of rotatable bonds is 5. The molecule has 3 N–H and O–H groups in total. The molecule has 0 aromatic carbocycles. The van der Waals surface area contributed by atoms with Crippen LogP contribution in [-0.2, 0) is 0 Å². The van der Waals surface area contributed by atoms with Gasteiger partial charge in [0.2, 0.25) is 11.8 Å². The van der Waals surface area contributed by atoms with E-state index in [1.165, 1.54) is 31.8 Å². The van der Waals surface area contributed by atoms with Crippen molar-refractivity contribution in [1.82, 2.24) is 20.4 Å². The topological polar surface area (TPSA) is 95.2 Å². The van der Waals surface area contributed by atoms with Crippen molar-refractivity contribution in [2.75, 3.05) is 14.2 Å². The van der Waals surface area contributed by atoms with Gasteiger partial charge in [-0.05, 0) is 0 Å². The fourth-order valence-electron chi connectivity index (χ4n) is 1.48. The Morgan fingerprint density at radius 2 is 2.17 bits per heavy atom. The summed E-state index contributed by atoms with van der Waals surface area (Å²) < 4.78 is 10.2. The first-order chi connectivity index (χ1) is 8.80. The molecule has 0 aliphatic carbocycles. The van der Waals surface area contributed by atoms with E-state index in [-0.39, 0.29) is 6.04 Å². The van der Waals surface area contributed by atoms with Crippen LogP contribution in [0.5, 0.6) is 11.8 Å². The van der Waals surface area contributed by atoms with Gasteiger partial charge in [0.15, 0.2) is 0 Å². The predicted octanol–water partition coefficient (Wildman–Crippen LogP) is 0.503. The predicted molar refractivity (Wildman–Crippen MR) is 66.4 cm³/mol. The van der Waals surface area contributed by atoms with Gasteiger partial charge in [-0.25, -0.2) is 10.4 Å². The quantitative estimate of drug-likeness (QED) is 0.601. The molecule has 0 aliphatic heterocycles. The van der Waals surface area contributed by atoms with Gasteiger partial charge in [0.1, 0.15) is 11.7 Å². The summed E-state index contributed by atoms with van der Waals surface area (Å²) in [6.07, 6.45) is 3.24. The van der Waals surface area contributed by atoms with Crippen molar-refractivity contribution < 1.29 is 9.47 Å². The van der Waals surface area contributed by atoms with Crippen LogP contribution in [0.1, 0.15) is 16.6 Å². The molecular formula is C10H13N5O2S. The number of aromatic nitrogens is 3. The highest BCUT2D eigenvalue weighted by atomic mass is 32.1. The van der Waals surface area contributed by atoms with Crippen LogP contribution in [0.15, 0.2) is 17.9 Å². The Balaban J connectivity index is 2.42. The molecule has 7 nitrogen and oxygen atoms in total. The van der Waals surface area contributed by atoms with E-state index in [1.807, 2.05) is 0 Å². The first-order valence-corrected chi connectivity index (χ1v) is 5.97. The summed E-state index contributed by atoms with van der Waals surface area (Å²) in [5.74, 6) is 6.32. The third-order valence-corrected chi connectivity index (χ3v) is 3.16. The van der Waals surface area contributed by atoms with Gasteiger partial charge in [0.05, 0.1) is 25.9 Å². The summed E-state index contributed by atoms with van der Waals surface area (Å²) in [6, 6.07) is -0.314. The normalized spacial score (nSPS) is 12.2. The van der Waals surface area contributed by atoms with Crippen LogP contribution < -0.4 is 20.7 Å². The molecule has 0 saturated heterocycles. The van der Waals surface area contributed by atoms with Crippen molar-refractivity contribution in [2.45, 2.75) is 6.04 Å². The largest absolute Gasteiger partial charge is 0.480 e. The molecule has 0 amide bonds. The number of methoxy groups -OCH3 is 2. The molecule has 0 saturated carbocycles. The monoisotopic (exact) mass is 267 g/mol. The summed E-state index contributed by atoms with van der Waals surface area (Å²) >= 11 is 1.47. The Hall–Kier alpha value is -1.77. The summed E-state index contributed by atoms with van der Waals surface area (Å²) in [5, 5.41) is 0. The van der Waals surface area contributed by atoms with Gasteiger partial charge < -0.3 is 9.47 Å². The summed E-state index contributed by atoms with van der Waals surface area (Å²) in [4.78, 5) is 13.4. The van der Waals surface area contributed by atoms with Crippen LogP contribution in [0, 0.1) is 0 Å².